The number of rotatable bonds is 9. The molecule has 1 unspecified atom stereocenters. The molecule has 2 aromatic rings. The van der Waals surface area contributed by atoms with Crippen LogP contribution in [0.3, 0.4) is 0 Å². The first-order valence-electron chi connectivity index (χ1n) is 11.5. The molecular formula is C26H31NO6S. The van der Waals surface area contributed by atoms with E-state index in [0.29, 0.717) is 22.0 Å². The van der Waals surface area contributed by atoms with Crippen LogP contribution in [0, 0.1) is 12.8 Å². The molecule has 0 saturated carbocycles. The molecule has 1 atom stereocenters. The highest BCUT2D eigenvalue weighted by Gasteiger charge is 2.29. The number of thiophene rings is 1. The van der Waals surface area contributed by atoms with Crippen molar-refractivity contribution in [2.75, 3.05) is 11.9 Å². The van der Waals surface area contributed by atoms with Gasteiger partial charge in [0.2, 0.25) is 0 Å². The lowest BCUT2D eigenvalue weighted by molar-refractivity contribution is -0.147. The van der Waals surface area contributed by atoms with Crippen LogP contribution in [-0.4, -0.2) is 36.3 Å². The number of ether oxygens (including phenoxy) is 2. The first-order chi connectivity index (χ1) is 16.1. The molecule has 1 heterocycles. The van der Waals surface area contributed by atoms with Crippen LogP contribution >= 0.6 is 11.3 Å². The summed E-state index contributed by atoms with van der Waals surface area (Å²) in [6.45, 7) is 7.16. The normalized spacial score (nSPS) is 14.9. The number of hydrogen-bond donors (Lipinski definition) is 1. The molecule has 0 spiro atoms. The van der Waals surface area contributed by atoms with Gasteiger partial charge in [0, 0.05) is 16.9 Å². The predicted molar refractivity (Wildman–Crippen MR) is 130 cm³/mol. The van der Waals surface area contributed by atoms with Crippen molar-refractivity contribution >= 4 is 40.0 Å². The molecule has 34 heavy (non-hydrogen) atoms. The van der Waals surface area contributed by atoms with E-state index >= 15 is 0 Å². The molecule has 0 radical (unpaired) electrons. The van der Waals surface area contributed by atoms with Gasteiger partial charge >= 0.3 is 11.9 Å². The van der Waals surface area contributed by atoms with Gasteiger partial charge in [0.15, 0.2) is 12.4 Å². The van der Waals surface area contributed by atoms with E-state index in [0.717, 1.165) is 35.3 Å². The Morgan fingerprint density at radius 3 is 2.50 bits per heavy atom. The molecule has 1 amide bonds. The van der Waals surface area contributed by atoms with Crippen molar-refractivity contribution < 1.29 is 28.7 Å². The third kappa shape index (κ3) is 6.76. The summed E-state index contributed by atoms with van der Waals surface area (Å²) >= 11 is 1.38. The second-order valence-electron chi connectivity index (χ2n) is 9.01. The summed E-state index contributed by atoms with van der Waals surface area (Å²) in [6, 6.07) is 7.12. The third-order valence-corrected chi connectivity index (χ3v) is 6.78. The van der Waals surface area contributed by atoms with Crippen LogP contribution in [0.15, 0.2) is 24.3 Å². The highest BCUT2D eigenvalue weighted by Crippen LogP contribution is 2.40. The smallest absolute Gasteiger partial charge is 0.341 e. The van der Waals surface area contributed by atoms with Crippen LogP contribution in [0.5, 0.6) is 0 Å². The van der Waals surface area contributed by atoms with Gasteiger partial charge < -0.3 is 14.8 Å². The van der Waals surface area contributed by atoms with Crippen molar-refractivity contribution in [1.82, 2.24) is 0 Å². The minimum Gasteiger partial charge on any atom is -0.459 e. The number of anilines is 1. The molecule has 0 fully saturated rings. The summed E-state index contributed by atoms with van der Waals surface area (Å²) in [5, 5.41) is 3.15. The molecule has 1 aromatic carbocycles. The number of hydrogen-bond acceptors (Lipinski definition) is 7. The first-order valence-corrected chi connectivity index (χ1v) is 12.4. The van der Waals surface area contributed by atoms with Crippen LogP contribution < -0.4 is 5.32 Å². The quantitative estimate of drug-likeness (QED) is 0.401. The summed E-state index contributed by atoms with van der Waals surface area (Å²) in [7, 11) is 0. The Morgan fingerprint density at radius 1 is 1.12 bits per heavy atom. The molecule has 0 saturated heterocycles. The molecule has 1 aromatic heterocycles. The Hall–Kier alpha value is -3.00. The Balaban J connectivity index is 1.56. The zero-order valence-corrected chi connectivity index (χ0v) is 20.9. The number of carbonyl (C=O) groups excluding carboxylic acids is 4. The van der Waals surface area contributed by atoms with Crippen molar-refractivity contribution in [1.29, 1.82) is 0 Å². The lowest BCUT2D eigenvalue weighted by Crippen LogP contribution is -2.22. The fourth-order valence-corrected chi connectivity index (χ4v) is 5.22. The van der Waals surface area contributed by atoms with Crippen molar-refractivity contribution in [2.45, 2.75) is 65.9 Å². The molecule has 182 valence electrons. The van der Waals surface area contributed by atoms with Gasteiger partial charge in [-0.3, -0.25) is 14.4 Å². The highest BCUT2D eigenvalue weighted by atomic mass is 32.1. The van der Waals surface area contributed by atoms with Crippen LogP contribution in [-0.2, 0) is 31.9 Å². The maximum atomic E-state index is 12.7. The van der Waals surface area contributed by atoms with Gasteiger partial charge in [0.25, 0.3) is 5.91 Å². The summed E-state index contributed by atoms with van der Waals surface area (Å²) in [5.74, 6) is -1.28. The second kappa shape index (κ2) is 11.4. The van der Waals surface area contributed by atoms with Crippen LogP contribution in [0.25, 0.3) is 0 Å². The fraction of sp³-hybridized carbons (Fsp3) is 0.462. The van der Waals surface area contributed by atoms with Crippen molar-refractivity contribution in [3.8, 4) is 0 Å². The van der Waals surface area contributed by atoms with Gasteiger partial charge in [-0.1, -0.05) is 36.8 Å². The summed E-state index contributed by atoms with van der Waals surface area (Å²) in [4.78, 5) is 50.6. The lowest BCUT2D eigenvalue weighted by atomic mass is 9.88. The van der Waals surface area contributed by atoms with E-state index < -0.39 is 24.5 Å². The zero-order chi connectivity index (χ0) is 24.8. The van der Waals surface area contributed by atoms with Crippen LogP contribution in [0.2, 0.25) is 0 Å². The number of esters is 2. The molecule has 0 bridgehead atoms. The van der Waals surface area contributed by atoms with Crippen molar-refractivity contribution in [3.05, 3.63) is 51.4 Å². The number of Topliss-reactive ketones (excluding diaryl/α,β-unsaturated/α-hetero) is 1. The molecular weight excluding hydrogens is 454 g/mol. The first kappa shape index (κ1) is 25.6. The molecule has 1 N–H and O–H groups in total. The van der Waals surface area contributed by atoms with Gasteiger partial charge in [-0.25, -0.2) is 4.79 Å². The molecule has 1 aliphatic carbocycles. The summed E-state index contributed by atoms with van der Waals surface area (Å²) in [5.41, 5.74) is 2.93. The third-order valence-electron chi connectivity index (χ3n) is 5.61. The Labute approximate surface area is 203 Å². The highest BCUT2D eigenvalue weighted by molar-refractivity contribution is 7.17. The number of nitrogens with one attached hydrogen (secondary N) is 1. The van der Waals surface area contributed by atoms with Crippen molar-refractivity contribution in [2.24, 2.45) is 5.92 Å². The van der Waals surface area contributed by atoms with E-state index in [1.54, 1.807) is 26.0 Å². The zero-order valence-electron chi connectivity index (χ0n) is 20.1. The average Bonchev–Trinajstić information content (AvgIpc) is 3.12. The van der Waals surface area contributed by atoms with E-state index in [2.05, 4.69) is 12.2 Å². The minimum atomic E-state index is -0.630. The summed E-state index contributed by atoms with van der Waals surface area (Å²) in [6.07, 6.45) is 2.19. The average molecular weight is 486 g/mol. The Morgan fingerprint density at radius 2 is 1.82 bits per heavy atom. The van der Waals surface area contributed by atoms with Gasteiger partial charge in [0.1, 0.15) is 5.00 Å². The van der Waals surface area contributed by atoms with Gasteiger partial charge in [0.05, 0.1) is 18.1 Å². The van der Waals surface area contributed by atoms with Crippen LogP contribution in [0.4, 0.5) is 5.00 Å². The molecule has 0 aliphatic heterocycles. The lowest BCUT2D eigenvalue weighted by Gasteiger charge is -2.18. The van der Waals surface area contributed by atoms with E-state index in [9.17, 15) is 19.2 Å². The molecule has 8 heteroatoms. The summed E-state index contributed by atoms with van der Waals surface area (Å²) < 4.78 is 10.5. The number of aryl methyl sites for hydroxylation is 1. The largest absolute Gasteiger partial charge is 0.459 e. The van der Waals surface area contributed by atoms with E-state index in [4.69, 9.17) is 9.47 Å². The van der Waals surface area contributed by atoms with E-state index in [1.807, 2.05) is 19.1 Å². The maximum absolute atomic E-state index is 12.7. The molecule has 1 aliphatic rings. The number of amides is 1. The fourth-order valence-electron chi connectivity index (χ4n) is 3.81. The van der Waals surface area contributed by atoms with Gasteiger partial charge in [-0.15, -0.1) is 11.3 Å². The Kier molecular flexibility index (Phi) is 8.61. The van der Waals surface area contributed by atoms with Gasteiger partial charge in [-0.05, 0) is 51.5 Å². The molecule has 7 nitrogen and oxygen atoms in total. The van der Waals surface area contributed by atoms with E-state index in [-0.39, 0.29) is 24.7 Å². The predicted octanol–water partition coefficient (Wildman–Crippen LogP) is 4.89. The maximum Gasteiger partial charge on any atom is 0.341 e. The SMILES string of the molecule is Cc1ccc(C(=O)CCC(=O)OCC(=O)Nc2sc3c(c2C(=O)OC(C)C)CCC(C)C3)cc1. The molecule has 3 rings (SSSR count). The second-order valence-corrected chi connectivity index (χ2v) is 10.1. The topological polar surface area (TPSA) is 98.8 Å². The Bertz CT molecular complexity index is 1070. The van der Waals surface area contributed by atoms with Crippen molar-refractivity contribution in [3.63, 3.8) is 0 Å². The monoisotopic (exact) mass is 485 g/mol. The standard InChI is InChI=1S/C26H31NO6S/c1-15(2)33-26(31)24-19-10-7-17(4)13-21(19)34-25(24)27-22(29)14-32-23(30)12-11-20(28)18-8-5-16(3)6-9-18/h5-6,8-9,15,17H,7,10-14H2,1-4H3,(H,27,29). The number of fused-ring (bicyclic) bond motifs is 1. The van der Waals surface area contributed by atoms with Crippen LogP contribution in [0.1, 0.15) is 76.8 Å². The van der Waals surface area contributed by atoms with E-state index in [1.165, 1.54) is 11.3 Å². The van der Waals surface area contributed by atoms with Gasteiger partial charge in [-0.2, -0.15) is 0 Å². The number of ketones is 1. The minimum absolute atomic E-state index is 0.00450. The number of carbonyl (C=O) groups is 4. The number of benzene rings is 1.